The van der Waals surface area contributed by atoms with Gasteiger partial charge in [0, 0.05) is 0 Å². The summed E-state index contributed by atoms with van der Waals surface area (Å²) in [5.41, 5.74) is 1.28. The van der Waals surface area contributed by atoms with Gasteiger partial charge in [-0.05, 0) is 25.0 Å². The van der Waals surface area contributed by atoms with Crippen molar-refractivity contribution in [3.05, 3.63) is 48.5 Å². The molecule has 2 heteroatoms. The molecule has 39 heavy (non-hydrogen) atoms. The number of hydrogen-bond donors (Lipinski definition) is 1. The zero-order valence-electron chi connectivity index (χ0n) is 26.2. The molecular weight excluding hydrogens is 472 g/mol. The smallest absolute Gasteiger partial charge is 0.247 e. The molecule has 1 N–H and O–H groups in total. The third-order valence-corrected chi connectivity index (χ3v) is 8.70. The van der Waals surface area contributed by atoms with Crippen LogP contribution in [0.2, 0.25) is 0 Å². The fourth-order valence-electron chi connectivity index (χ4n) is 6.18. The molecule has 0 amide bonds. The molecular formula is C37H65N2+. The van der Waals surface area contributed by atoms with Gasteiger partial charge in [0.05, 0.1) is 5.92 Å². The largest absolute Gasteiger partial charge is 0.262 e. The van der Waals surface area contributed by atoms with E-state index in [2.05, 4.69) is 66.1 Å². The lowest BCUT2D eigenvalue weighted by Gasteiger charge is -2.14. The van der Waals surface area contributed by atoms with E-state index in [1.165, 1.54) is 172 Å². The zero-order valence-corrected chi connectivity index (χ0v) is 26.2. The van der Waals surface area contributed by atoms with Crippen LogP contribution in [0.3, 0.4) is 0 Å². The van der Waals surface area contributed by atoms with Crippen LogP contribution >= 0.6 is 0 Å². The van der Waals surface area contributed by atoms with Crippen LogP contribution in [-0.2, 0) is 0 Å². The van der Waals surface area contributed by atoms with E-state index in [0.29, 0.717) is 5.92 Å². The molecule has 0 saturated carbocycles. The van der Waals surface area contributed by atoms with Crippen LogP contribution < -0.4 is 4.57 Å². The van der Waals surface area contributed by atoms with Crippen LogP contribution in [0.25, 0.3) is 5.69 Å². The number of unbranched alkanes of at least 4 members (excludes halogenated alkanes) is 21. The molecule has 1 aromatic carbocycles. The Hall–Kier alpha value is -1.57. The lowest BCUT2D eigenvalue weighted by molar-refractivity contribution is -0.604. The van der Waals surface area contributed by atoms with Crippen LogP contribution in [0, 0.1) is 0 Å². The molecule has 0 aliphatic carbocycles. The van der Waals surface area contributed by atoms with Crippen molar-refractivity contribution in [1.29, 1.82) is 0 Å². The minimum absolute atomic E-state index is 0.641. The van der Waals surface area contributed by atoms with E-state index in [1.54, 1.807) is 0 Å². The van der Waals surface area contributed by atoms with Gasteiger partial charge in [0.2, 0.25) is 0 Å². The highest BCUT2D eigenvalue weighted by Crippen LogP contribution is 2.27. The van der Waals surface area contributed by atoms with Crippen molar-refractivity contribution < 1.29 is 4.57 Å². The first kappa shape index (κ1) is 33.6. The number of para-hydroxylation sites is 1. The summed E-state index contributed by atoms with van der Waals surface area (Å²) >= 11 is 0. The summed E-state index contributed by atoms with van der Waals surface area (Å²) in [6, 6.07) is 10.9. The van der Waals surface area contributed by atoms with Crippen LogP contribution in [0.4, 0.5) is 0 Å². The first-order valence-corrected chi connectivity index (χ1v) is 17.5. The van der Waals surface area contributed by atoms with Gasteiger partial charge in [0.25, 0.3) is 5.82 Å². The fraction of sp³-hybridized carbons (Fsp3) is 0.757. The lowest BCUT2D eigenvalue weighted by Crippen LogP contribution is -2.34. The van der Waals surface area contributed by atoms with E-state index in [0.717, 1.165) is 0 Å². The molecule has 1 heterocycles. The molecule has 0 bridgehead atoms. The van der Waals surface area contributed by atoms with Gasteiger partial charge in [-0.2, -0.15) is 4.57 Å². The highest BCUT2D eigenvalue weighted by molar-refractivity contribution is 5.22. The Kier molecular flexibility index (Phi) is 20.9. The number of imidazole rings is 1. The number of nitrogens with one attached hydrogen (secondary N) is 1. The summed E-state index contributed by atoms with van der Waals surface area (Å²) < 4.78 is 2.40. The molecule has 1 atom stereocenters. The van der Waals surface area contributed by atoms with E-state index in [-0.39, 0.29) is 0 Å². The summed E-state index contributed by atoms with van der Waals surface area (Å²) in [6.45, 7) is 4.61. The zero-order chi connectivity index (χ0) is 27.6. The van der Waals surface area contributed by atoms with Gasteiger partial charge >= 0.3 is 0 Å². The van der Waals surface area contributed by atoms with Crippen molar-refractivity contribution in [1.82, 2.24) is 4.98 Å². The summed E-state index contributed by atoms with van der Waals surface area (Å²) in [5, 5.41) is 0. The van der Waals surface area contributed by atoms with Crippen LogP contribution in [-0.4, -0.2) is 4.98 Å². The number of hydrogen-bond acceptors (Lipinski definition) is 0. The van der Waals surface area contributed by atoms with E-state index < -0.39 is 0 Å². The van der Waals surface area contributed by atoms with Gasteiger partial charge < -0.3 is 0 Å². The minimum atomic E-state index is 0.641. The maximum atomic E-state index is 3.65. The lowest BCUT2D eigenvalue weighted by atomic mass is 9.93. The second-order valence-electron chi connectivity index (χ2n) is 12.2. The van der Waals surface area contributed by atoms with Crippen LogP contribution in [0.1, 0.15) is 186 Å². The SMILES string of the molecule is CCCCCCCCCCCCCCCC[C@H](CCCCCCCCCCC)c1[nH]cc[n+]1-c1ccccc1. The maximum absolute atomic E-state index is 3.65. The van der Waals surface area contributed by atoms with E-state index in [4.69, 9.17) is 0 Å². The number of benzene rings is 1. The Morgan fingerprint density at radius 1 is 0.513 bits per heavy atom. The van der Waals surface area contributed by atoms with Crippen molar-refractivity contribution in [3.8, 4) is 5.69 Å². The van der Waals surface area contributed by atoms with Gasteiger partial charge in [-0.3, -0.25) is 0 Å². The van der Waals surface area contributed by atoms with Gasteiger partial charge in [0.1, 0.15) is 18.1 Å². The quantitative estimate of drug-likeness (QED) is 0.0863. The second-order valence-corrected chi connectivity index (χ2v) is 12.2. The van der Waals surface area contributed by atoms with Gasteiger partial charge in [-0.1, -0.05) is 180 Å². The Morgan fingerprint density at radius 3 is 1.31 bits per heavy atom. The Balaban J connectivity index is 1.65. The monoisotopic (exact) mass is 538 g/mol. The van der Waals surface area contributed by atoms with Crippen molar-refractivity contribution >= 4 is 0 Å². The molecule has 0 aliphatic rings. The molecule has 0 fully saturated rings. The van der Waals surface area contributed by atoms with E-state index in [9.17, 15) is 0 Å². The molecule has 2 nitrogen and oxygen atoms in total. The first-order chi connectivity index (χ1) is 19.4. The molecule has 0 saturated heterocycles. The highest BCUT2D eigenvalue weighted by Gasteiger charge is 2.23. The molecule has 1 aromatic heterocycles. The van der Waals surface area contributed by atoms with Crippen molar-refractivity contribution in [2.24, 2.45) is 0 Å². The second kappa shape index (κ2) is 24.2. The van der Waals surface area contributed by atoms with Crippen molar-refractivity contribution in [2.45, 2.75) is 180 Å². The highest BCUT2D eigenvalue weighted by atomic mass is 15.1. The molecule has 0 spiro atoms. The van der Waals surface area contributed by atoms with Gasteiger partial charge in [-0.25, -0.2) is 4.98 Å². The van der Waals surface area contributed by atoms with Crippen molar-refractivity contribution in [2.75, 3.05) is 0 Å². The topological polar surface area (TPSA) is 19.7 Å². The van der Waals surface area contributed by atoms with Crippen LogP contribution in [0.15, 0.2) is 42.7 Å². The Bertz CT molecular complexity index is 765. The van der Waals surface area contributed by atoms with Gasteiger partial charge in [0.15, 0.2) is 0 Å². The number of aromatic nitrogens is 2. The maximum Gasteiger partial charge on any atom is 0.262 e. The number of nitrogens with zero attached hydrogens (tertiary/aromatic N) is 1. The molecule has 0 unspecified atom stereocenters. The fourth-order valence-corrected chi connectivity index (χ4v) is 6.18. The predicted molar refractivity (Wildman–Crippen MR) is 172 cm³/mol. The summed E-state index contributed by atoms with van der Waals surface area (Å²) in [4.78, 5) is 3.65. The number of rotatable bonds is 27. The van der Waals surface area contributed by atoms with E-state index >= 15 is 0 Å². The molecule has 222 valence electrons. The summed E-state index contributed by atoms with van der Waals surface area (Å²) in [6.07, 6.45) is 39.8. The van der Waals surface area contributed by atoms with E-state index in [1.807, 2.05) is 0 Å². The molecule has 0 radical (unpaired) electrons. The number of aromatic amines is 1. The predicted octanol–water partition coefficient (Wildman–Crippen LogP) is 12.2. The summed E-state index contributed by atoms with van der Waals surface area (Å²) in [7, 11) is 0. The molecule has 2 aromatic rings. The minimum Gasteiger partial charge on any atom is -0.247 e. The Labute approximate surface area is 243 Å². The number of H-pyrrole nitrogens is 1. The average molecular weight is 538 g/mol. The third kappa shape index (κ3) is 16.3. The van der Waals surface area contributed by atoms with Crippen molar-refractivity contribution in [3.63, 3.8) is 0 Å². The average Bonchev–Trinajstić information content (AvgIpc) is 3.46. The third-order valence-electron chi connectivity index (χ3n) is 8.70. The first-order valence-electron chi connectivity index (χ1n) is 17.5. The molecule has 2 rings (SSSR count). The Morgan fingerprint density at radius 2 is 0.897 bits per heavy atom. The molecule has 0 aliphatic heterocycles. The summed E-state index contributed by atoms with van der Waals surface area (Å²) in [5.74, 6) is 2.05. The van der Waals surface area contributed by atoms with Crippen LogP contribution in [0.5, 0.6) is 0 Å². The normalized spacial score (nSPS) is 12.3. The standard InChI is InChI=1S/C37H64N2/c1-3-5-7-9-11-13-14-15-16-17-19-21-23-26-30-35(29-25-22-20-18-12-10-8-6-4-2)37-38-33-34-39(37)36-31-27-24-28-32-36/h24,27-28,31-35H,3-23,25-26,29-30H2,1-2H3/p+1/t35-/m0/s1. The van der Waals surface area contributed by atoms with Gasteiger partial charge in [-0.15, -0.1) is 0 Å².